The van der Waals surface area contributed by atoms with Crippen LogP contribution in [0, 0.1) is 6.92 Å². The zero-order valence-corrected chi connectivity index (χ0v) is 20.3. The second-order valence-electron chi connectivity index (χ2n) is 7.60. The smallest absolute Gasteiger partial charge is 0.262 e. The molecule has 2 aromatic heterocycles. The quantitative estimate of drug-likeness (QED) is 0.296. The van der Waals surface area contributed by atoms with Crippen molar-refractivity contribution in [3.8, 4) is 5.69 Å². The molecule has 176 valence electrons. The lowest BCUT2D eigenvalue weighted by Gasteiger charge is -2.15. The highest BCUT2D eigenvalue weighted by molar-refractivity contribution is 7.99. The van der Waals surface area contributed by atoms with Gasteiger partial charge in [-0.05, 0) is 36.8 Å². The van der Waals surface area contributed by atoms with Crippen molar-refractivity contribution in [3.63, 3.8) is 0 Å². The van der Waals surface area contributed by atoms with E-state index in [-0.39, 0.29) is 27.3 Å². The molecule has 0 aliphatic heterocycles. The molecule has 0 spiro atoms. The summed E-state index contributed by atoms with van der Waals surface area (Å²) in [6.45, 7) is 1.69. The molecule has 0 atom stereocenters. The molecule has 12 heteroatoms. The number of benzene rings is 2. The maximum absolute atomic E-state index is 12.5. The number of carbonyl (C=O) groups excluding carboxylic acids is 1. The van der Waals surface area contributed by atoms with Crippen molar-refractivity contribution in [3.05, 3.63) is 70.6 Å². The largest absolute Gasteiger partial charge is 0.325 e. The van der Waals surface area contributed by atoms with Gasteiger partial charge in [0.25, 0.3) is 5.56 Å². The van der Waals surface area contributed by atoms with Crippen molar-refractivity contribution in [2.45, 2.75) is 17.0 Å². The van der Waals surface area contributed by atoms with E-state index in [1.165, 1.54) is 26.4 Å². The van der Waals surface area contributed by atoms with Gasteiger partial charge in [0.05, 0.1) is 22.5 Å². The number of anilines is 1. The number of aromatic amines is 1. The van der Waals surface area contributed by atoms with Crippen molar-refractivity contribution in [2.24, 2.45) is 0 Å². The molecule has 2 aromatic carbocycles. The summed E-state index contributed by atoms with van der Waals surface area (Å²) in [7, 11) is -0.750. The maximum Gasteiger partial charge on any atom is 0.262 e. The van der Waals surface area contributed by atoms with Gasteiger partial charge in [-0.2, -0.15) is 5.10 Å². The summed E-state index contributed by atoms with van der Waals surface area (Å²) in [6, 6.07) is 14.0. The summed E-state index contributed by atoms with van der Waals surface area (Å²) in [6.07, 6.45) is 1.45. The number of sulfonamides is 1. The Morgan fingerprint density at radius 2 is 1.91 bits per heavy atom. The number of carbonyl (C=O) groups is 1. The minimum atomic E-state index is -3.65. The molecule has 0 aliphatic carbocycles. The maximum atomic E-state index is 12.5. The molecule has 0 saturated carbocycles. The van der Waals surface area contributed by atoms with Gasteiger partial charge >= 0.3 is 0 Å². The second-order valence-corrected chi connectivity index (χ2v) is 10.7. The number of aromatic nitrogens is 4. The lowest BCUT2D eigenvalue weighted by Crippen LogP contribution is -2.23. The molecule has 2 heterocycles. The predicted octanol–water partition coefficient (Wildman–Crippen LogP) is 2.40. The van der Waals surface area contributed by atoms with Gasteiger partial charge < -0.3 is 10.3 Å². The molecular formula is C22H22N6O4S2. The summed E-state index contributed by atoms with van der Waals surface area (Å²) >= 11 is 1.06. The first-order chi connectivity index (χ1) is 16.2. The zero-order chi connectivity index (χ0) is 24.5. The van der Waals surface area contributed by atoms with Crippen LogP contribution in [-0.2, 0) is 14.8 Å². The molecule has 34 heavy (non-hydrogen) atoms. The first-order valence-electron chi connectivity index (χ1n) is 10.2. The van der Waals surface area contributed by atoms with E-state index in [0.29, 0.717) is 22.3 Å². The van der Waals surface area contributed by atoms with Gasteiger partial charge in [-0.3, -0.25) is 9.59 Å². The Balaban J connectivity index is 1.52. The van der Waals surface area contributed by atoms with Crippen LogP contribution in [0.4, 0.5) is 5.69 Å². The van der Waals surface area contributed by atoms with E-state index in [1.807, 2.05) is 30.3 Å². The summed E-state index contributed by atoms with van der Waals surface area (Å²) in [5, 5.41) is 7.56. The Bertz CT molecular complexity index is 1530. The Morgan fingerprint density at radius 3 is 2.62 bits per heavy atom. The number of amides is 1. The fraction of sp³-hybridized carbons (Fsp3) is 0.182. The van der Waals surface area contributed by atoms with Crippen molar-refractivity contribution in [1.82, 2.24) is 24.1 Å². The van der Waals surface area contributed by atoms with Crippen molar-refractivity contribution in [2.75, 3.05) is 25.2 Å². The normalized spacial score (nSPS) is 11.8. The van der Waals surface area contributed by atoms with E-state index < -0.39 is 10.0 Å². The van der Waals surface area contributed by atoms with Crippen LogP contribution < -0.4 is 10.9 Å². The van der Waals surface area contributed by atoms with Gasteiger partial charge in [-0.25, -0.2) is 22.4 Å². The molecular weight excluding hydrogens is 476 g/mol. The van der Waals surface area contributed by atoms with Crippen LogP contribution in [0.2, 0.25) is 0 Å². The van der Waals surface area contributed by atoms with E-state index in [9.17, 15) is 18.0 Å². The average Bonchev–Trinajstić information content (AvgIpc) is 3.24. The molecule has 4 rings (SSSR count). The number of nitrogens with one attached hydrogen (secondary N) is 2. The number of hydrogen-bond donors (Lipinski definition) is 2. The van der Waals surface area contributed by atoms with Crippen LogP contribution in [0.15, 0.2) is 69.6 Å². The minimum absolute atomic E-state index is 0.0441. The Labute approximate surface area is 200 Å². The van der Waals surface area contributed by atoms with Crippen LogP contribution in [0.5, 0.6) is 0 Å². The molecule has 0 radical (unpaired) electrons. The third-order valence-corrected chi connectivity index (χ3v) is 7.82. The van der Waals surface area contributed by atoms with Gasteiger partial charge in [0.2, 0.25) is 15.9 Å². The van der Waals surface area contributed by atoms with E-state index in [1.54, 1.807) is 23.7 Å². The molecule has 0 fully saturated rings. The highest BCUT2D eigenvalue weighted by Crippen LogP contribution is 2.23. The molecule has 0 aliphatic rings. The number of fused-ring (bicyclic) bond motifs is 1. The highest BCUT2D eigenvalue weighted by atomic mass is 32.2. The third kappa shape index (κ3) is 4.74. The van der Waals surface area contributed by atoms with Crippen LogP contribution in [0.1, 0.15) is 5.56 Å². The molecule has 0 bridgehead atoms. The number of thioether (sulfide) groups is 1. The fourth-order valence-corrected chi connectivity index (χ4v) is 5.01. The zero-order valence-electron chi connectivity index (χ0n) is 18.6. The minimum Gasteiger partial charge on any atom is -0.325 e. The summed E-state index contributed by atoms with van der Waals surface area (Å²) in [5.74, 6) is -0.418. The van der Waals surface area contributed by atoms with Gasteiger partial charge in [0.15, 0.2) is 10.8 Å². The SMILES string of the molecule is Cc1ccc(NC(=O)CSc2nc3c(cnn3-c3ccccc3)c(=O)[nH]2)cc1S(=O)(=O)N(C)C. The number of hydrogen-bond acceptors (Lipinski definition) is 7. The number of rotatable bonds is 7. The summed E-state index contributed by atoms with van der Waals surface area (Å²) < 4.78 is 27.7. The first kappa shape index (κ1) is 23.7. The van der Waals surface area contributed by atoms with Gasteiger partial charge in [-0.1, -0.05) is 36.0 Å². The van der Waals surface area contributed by atoms with Crippen LogP contribution in [0.3, 0.4) is 0 Å². The van der Waals surface area contributed by atoms with E-state index in [2.05, 4.69) is 20.4 Å². The molecule has 10 nitrogen and oxygen atoms in total. The van der Waals surface area contributed by atoms with Crippen LogP contribution >= 0.6 is 11.8 Å². The van der Waals surface area contributed by atoms with Crippen LogP contribution in [-0.4, -0.2) is 58.2 Å². The van der Waals surface area contributed by atoms with Crippen molar-refractivity contribution >= 4 is 44.4 Å². The molecule has 4 aromatic rings. The molecule has 2 N–H and O–H groups in total. The number of para-hydroxylation sites is 1. The van der Waals surface area contributed by atoms with Gasteiger partial charge in [0.1, 0.15) is 5.39 Å². The second kappa shape index (κ2) is 9.41. The first-order valence-corrected chi connectivity index (χ1v) is 12.6. The number of H-pyrrole nitrogens is 1. The highest BCUT2D eigenvalue weighted by Gasteiger charge is 2.20. The summed E-state index contributed by atoms with van der Waals surface area (Å²) in [4.78, 5) is 32.3. The molecule has 0 saturated heterocycles. The predicted molar refractivity (Wildman–Crippen MR) is 131 cm³/mol. The van der Waals surface area contributed by atoms with Gasteiger partial charge in [-0.15, -0.1) is 0 Å². The topological polar surface area (TPSA) is 130 Å². The molecule has 1 amide bonds. The fourth-order valence-electron chi connectivity index (χ4n) is 3.21. The van der Waals surface area contributed by atoms with E-state index in [0.717, 1.165) is 21.8 Å². The van der Waals surface area contributed by atoms with E-state index in [4.69, 9.17) is 0 Å². The number of aryl methyl sites for hydroxylation is 1. The van der Waals surface area contributed by atoms with E-state index >= 15 is 0 Å². The number of nitrogens with zero attached hydrogens (tertiary/aromatic N) is 4. The Morgan fingerprint density at radius 1 is 1.18 bits per heavy atom. The van der Waals surface area contributed by atoms with Crippen LogP contribution in [0.25, 0.3) is 16.7 Å². The lowest BCUT2D eigenvalue weighted by molar-refractivity contribution is -0.113. The average molecular weight is 499 g/mol. The van der Waals surface area contributed by atoms with Gasteiger partial charge in [0, 0.05) is 19.8 Å². The lowest BCUT2D eigenvalue weighted by atomic mass is 10.2. The van der Waals surface area contributed by atoms with Crippen molar-refractivity contribution < 1.29 is 13.2 Å². The summed E-state index contributed by atoms with van der Waals surface area (Å²) in [5.41, 5.74) is 1.72. The standard InChI is InChI=1S/C22H22N6O4S2/c1-14-9-10-15(11-18(14)34(31,32)27(2)3)24-19(29)13-33-22-25-20-17(21(30)26-22)12-23-28(20)16-7-5-4-6-8-16/h4-12H,13H2,1-3H3,(H,24,29)(H,25,26,30). The van der Waals surface area contributed by atoms with Crippen molar-refractivity contribution in [1.29, 1.82) is 0 Å². The third-order valence-electron chi connectivity index (χ3n) is 4.99. The monoisotopic (exact) mass is 498 g/mol. The molecule has 0 unspecified atom stereocenters. The Hall–Kier alpha value is -3.48. The Kier molecular flexibility index (Phi) is 6.55.